The summed E-state index contributed by atoms with van der Waals surface area (Å²) in [6.45, 7) is 2.51. The zero-order valence-electron chi connectivity index (χ0n) is 20.9. The van der Waals surface area contributed by atoms with Crippen molar-refractivity contribution in [3.05, 3.63) is 88.2 Å². The second kappa shape index (κ2) is 9.72. The fraction of sp³-hybridized carbons (Fsp3) is 0.379. The van der Waals surface area contributed by atoms with Gasteiger partial charge in [0.05, 0.1) is 24.2 Å². The standard InChI is InChI=1S/C29H32N4O3/c1-20-10-6-8-14-23(20)29(17-27(35)33(28(29)36)18-21-11-4-3-5-12-21)16-26(34)32(2)19-25-22-13-7-9-15-24(22)30-31-25/h3-6,8,10-12,14H,7,9,13,15-19H2,1-2H3,(H,30,31)/t29-/m0/s1. The van der Waals surface area contributed by atoms with Crippen molar-refractivity contribution in [2.45, 2.75) is 64.0 Å². The first kappa shape index (κ1) is 24.0. The van der Waals surface area contributed by atoms with Gasteiger partial charge in [-0.15, -0.1) is 0 Å². The molecule has 0 bridgehead atoms. The number of carbonyl (C=O) groups is 3. The van der Waals surface area contributed by atoms with Crippen LogP contribution in [0.15, 0.2) is 54.6 Å². The van der Waals surface area contributed by atoms with Gasteiger partial charge in [0.25, 0.3) is 0 Å². The van der Waals surface area contributed by atoms with Gasteiger partial charge >= 0.3 is 0 Å². The Hall–Kier alpha value is -3.74. The van der Waals surface area contributed by atoms with Gasteiger partial charge in [-0.3, -0.25) is 24.4 Å². The van der Waals surface area contributed by atoms with Gasteiger partial charge in [-0.1, -0.05) is 54.6 Å². The van der Waals surface area contributed by atoms with Crippen molar-refractivity contribution in [2.24, 2.45) is 0 Å². The lowest BCUT2D eigenvalue weighted by atomic mass is 9.74. The number of nitrogens with one attached hydrogen (secondary N) is 1. The number of fused-ring (bicyclic) bond motifs is 1. The Bertz CT molecular complexity index is 1300. The van der Waals surface area contributed by atoms with Crippen molar-refractivity contribution in [3.8, 4) is 0 Å². The van der Waals surface area contributed by atoms with Crippen molar-refractivity contribution in [1.82, 2.24) is 20.0 Å². The molecule has 1 aliphatic carbocycles. The number of aryl methyl sites for hydroxylation is 2. The fourth-order valence-corrected chi connectivity index (χ4v) is 5.67. The monoisotopic (exact) mass is 484 g/mol. The van der Waals surface area contributed by atoms with Gasteiger partial charge in [-0.25, -0.2) is 0 Å². The average molecular weight is 485 g/mol. The Labute approximate surface area is 211 Å². The molecular weight excluding hydrogens is 452 g/mol. The molecule has 3 amide bonds. The molecule has 0 unspecified atom stereocenters. The number of amides is 3. The quantitative estimate of drug-likeness (QED) is 0.516. The van der Waals surface area contributed by atoms with Crippen LogP contribution >= 0.6 is 0 Å². The summed E-state index contributed by atoms with van der Waals surface area (Å²) in [6.07, 6.45) is 4.17. The molecule has 1 fully saturated rings. The molecule has 36 heavy (non-hydrogen) atoms. The minimum atomic E-state index is -1.21. The number of carbonyl (C=O) groups excluding carboxylic acids is 3. The largest absolute Gasteiger partial charge is 0.340 e. The van der Waals surface area contributed by atoms with E-state index >= 15 is 0 Å². The van der Waals surface area contributed by atoms with Crippen LogP contribution in [-0.4, -0.2) is 44.8 Å². The minimum absolute atomic E-state index is 0.0130. The summed E-state index contributed by atoms with van der Waals surface area (Å²) in [5.74, 6) is -0.720. The molecular formula is C29H32N4O3. The van der Waals surface area contributed by atoms with Gasteiger partial charge in [0.15, 0.2) is 0 Å². The number of likely N-dealkylation sites (tertiary alicyclic amines) is 1. The summed E-state index contributed by atoms with van der Waals surface area (Å²) >= 11 is 0. The third-order valence-electron chi connectivity index (χ3n) is 7.66. The van der Waals surface area contributed by atoms with Gasteiger partial charge in [-0.2, -0.15) is 5.10 Å². The van der Waals surface area contributed by atoms with Gasteiger partial charge in [-0.05, 0) is 54.9 Å². The maximum Gasteiger partial charge on any atom is 0.241 e. The number of H-pyrrole nitrogens is 1. The molecule has 0 spiro atoms. The molecule has 2 aliphatic rings. The highest BCUT2D eigenvalue weighted by atomic mass is 16.2. The lowest BCUT2D eigenvalue weighted by Crippen LogP contribution is -2.43. The van der Waals surface area contributed by atoms with E-state index in [0.717, 1.165) is 48.1 Å². The van der Waals surface area contributed by atoms with Crippen LogP contribution in [0.4, 0.5) is 0 Å². The minimum Gasteiger partial charge on any atom is -0.340 e. The first-order valence-corrected chi connectivity index (χ1v) is 12.6. The maximum atomic E-state index is 14.0. The van der Waals surface area contributed by atoms with Gasteiger partial charge in [0.2, 0.25) is 17.7 Å². The van der Waals surface area contributed by atoms with Crippen LogP contribution in [0.3, 0.4) is 0 Å². The maximum absolute atomic E-state index is 14.0. The second-order valence-electron chi connectivity index (χ2n) is 10.1. The molecule has 186 valence electrons. The molecule has 5 rings (SSSR count). The zero-order chi connectivity index (χ0) is 25.3. The summed E-state index contributed by atoms with van der Waals surface area (Å²) in [5.41, 5.74) is 4.59. The van der Waals surface area contributed by atoms with Crippen molar-refractivity contribution in [1.29, 1.82) is 0 Å². The molecule has 2 aromatic carbocycles. The molecule has 3 aromatic rings. The van der Waals surface area contributed by atoms with E-state index in [1.807, 2.05) is 61.5 Å². The number of imide groups is 1. The molecule has 1 atom stereocenters. The van der Waals surface area contributed by atoms with Crippen LogP contribution in [0.2, 0.25) is 0 Å². The number of nitrogens with zero attached hydrogens (tertiary/aromatic N) is 3. The number of rotatable bonds is 7. The van der Waals surface area contributed by atoms with Crippen LogP contribution in [0, 0.1) is 6.92 Å². The molecule has 1 saturated heterocycles. The third kappa shape index (κ3) is 4.34. The lowest BCUT2D eigenvalue weighted by Gasteiger charge is -2.30. The normalized spacial score (nSPS) is 19.4. The van der Waals surface area contributed by atoms with E-state index in [1.165, 1.54) is 16.2 Å². The van der Waals surface area contributed by atoms with Crippen LogP contribution in [-0.2, 0) is 45.7 Å². The molecule has 7 nitrogen and oxygen atoms in total. The van der Waals surface area contributed by atoms with E-state index in [2.05, 4.69) is 10.2 Å². The van der Waals surface area contributed by atoms with Crippen LogP contribution in [0.1, 0.15) is 59.3 Å². The van der Waals surface area contributed by atoms with Crippen molar-refractivity contribution in [2.75, 3.05) is 7.05 Å². The lowest BCUT2D eigenvalue weighted by molar-refractivity contribution is -0.143. The number of benzene rings is 2. The Morgan fingerprint density at radius 2 is 1.78 bits per heavy atom. The van der Waals surface area contributed by atoms with Crippen molar-refractivity contribution in [3.63, 3.8) is 0 Å². The second-order valence-corrected chi connectivity index (χ2v) is 10.1. The van der Waals surface area contributed by atoms with Crippen LogP contribution in [0.5, 0.6) is 0 Å². The highest BCUT2D eigenvalue weighted by Gasteiger charge is 2.54. The third-order valence-corrected chi connectivity index (χ3v) is 7.66. The Kier molecular flexibility index (Phi) is 6.48. The Balaban J connectivity index is 1.43. The Morgan fingerprint density at radius 3 is 2.56 bits per heavy atom. The van der Waals surface area contributed by atoms with Crippen molar-refractivity contribution < 1.29 is 14.4 Å². The SMILES string of the molecule is Cc1ccccc1[C@]1(CC(=O)N(C)Cc2n[nH]c3c2CCCC3)CC(=O)N(Cc2ccccc2)C1=O. The smallest absolute Gasteiger partial charge is 0.241 e. The summed E-state index contributed by atoms with van der Waals surface area (Å²) in [5, 5.41) is 7.61. The topological polar surface area (TPSA) is 86.4 Å². The van der Waals surface area contributed by atoms with Crippen LogP contribution in [0.25, 0.3) is 0 Å². The molecule has 1 N–H and O–H groups in total. The summed E-state index contributed by atoms with van der Waals surface area (Å²) in [4.78, 5) is 43.8. The summed E-state index contributed by atoms with van der Waals surface area (Å²) < 4.78 is 0. The highest BCUT2D eigenvalue weighted by molar-refractivity contribution is 6.10. The zero-order valence-corrected chi connectivity index (χ0v) is 20.9. The van der Waals surface area contributed by atoms with E-state index in [0.29, 0.717) is 6.54 Å². The number of hydrogen-bond acceptors (Lipinski definition) is 4. The predicted molar refractivity (Wildman–Crippen MR) is 136 cm³/mol. The fourth-order valence-electron chi connectivity index (χ4n) is 5.67. The highest BCUT2D eigenvalue weighted by Crippen LogP contribution is 2.42. The average Bonchev–Trinajstić information content (AvgIpc) is 3.39. The predicted octanol–water partition coefficient (Wildman–Crippen LogP) is 3.84. The molecule has 0 saturated carbocycles. The van der Waals surface area contributed by atoms with E-state index in [1.54, 1.807) is 11.9 Å². The van der Waals surface area contributed by atoms with Gasteiger partial charge < -0.3 is 4.90 Å². The summed E-state index contributed by atoms with van der Waals surface area (Å²) in [7, 11) is 1.75. The molecule has 1 aliphatic heterocycles. The summed E-state index contributed by atoms with van der Waals surface area (Å²) in [6, 6.07) is 17.1. The molecule has 2 heterocycles. The number of aromatic nitrogens is 2. The van der Waals surface area contributed by atoms with Gasteiger partial charge in [0.1, 0.15) is 0 Å². The van der Waals surface area contributed by atoms with Gasteiger partial charge in [0, 0.05) is 25.6 Å². The van der Waals surface area contributed by atoms with E-state index in [-0.39, 0.29) is 37.1 Å². The number of hydrogen-bond donors (Lipinski definition) is 1. The van der Waals surface area contributed by atoms with Crippen molar-refractivity contribution >= 4 is 17.7 Å². The molecule has 7 heteroatoms. The first-order chi connectivity index (χ1) is 17.4. The Morgan fingerprint density at radius 1 is 1.06 bits per heavy atom. The van der Waals surface area contributed by atoms with E-state index < -0.39 is 5.41 Å². The molecule has 1 aromatic heterocycles. The number of aromatic amines is 1. The van der Waals surface area contributed by atoms with Crippen LogP contribution < -0.4 is 0 Å². The molecule has 0 radical (unpaired) electrons. The van der Waals surface area contributed by atoms with E-state index in [9.17, 15) is 14.4 Å². The van der Waals surface area contributed by atoms with E-state index in [4.69, 9.17) is 0 Å². The first-order valence-electron chi connectivity index (χ1n) is 12.6.